The number of hydrogen-bond donors (Lipinski definition) is 1. The molecule has 1 N–H and O–H groups in total. The molecule has 0 fully saturated rings. The van der Waals surface area contributed by atoms with E-state index in [-0.39, 0.29) is 5.91 Å². The quantitative estimate of drug-likeness (QED) is 0.883. The highest BCUT2D eigenvalue weighted by atomic mass is 16.2. The molecule has 0 radical (unpaired) electrons. The van der Waals surface area contributed by atoms with Gasteiger partial charge in [-0.15, -0.1) is 0 Å². The van der Waals surface area contributed by atoms with E-state index in [1.807, 2.05) is 13.1 Å². The van der Waals surface area contributed by atoms with Crippen molar-refractivity contribution >= 4 is 11.9 Å². The Balaban J connectivity index is 1.45. The van der Waals surface area contributed by atoms with Crippen LogP contribution in [-0.4, -0.2) is 26.8 Å². The highest BCUT2D eigenvalue weighted by Crippen LogP contribution is 2.25. The van der Waals surface area contributed by atoms with Crippen molar-refractivity contribution in [2.24, 2.45) is 0 Å². The smallest absolute Gasteiger partial charge is 0.246 e. The number of amides is 1. The van der Waals surface area contributed by atoms with Gasteiger partial charge in [0.1, 0.15) is 0 Å². The van der Waals surface area contributed by atoms with Crippen LogP contribution in [0.3, 0.4) is 0 Å². The third-order valence-corrected chi connectivity index (χ3v) is 4.66. The number of fused-ring (bicyclic) bond motifs is 2. The van der Waals surface area contributed by atoms with Gasteiger partial charge >= 0.3 is 0 Å². The van der Waals surface area contributed by atoms with Crippen LogP contribution < -0.4 is 5.32 Å². The molecule has 5 nitrogen and oxygen atoms in total. The van der Waals surface area contributed by atoms with Crippen LogP contribution in [0.1, 0.15) is 29.3 Å². The molecule has 0 unspecified atom stereocenters. The van der Waals surface area contributed by atoms with Gasteiger partial charge in [0, 0.05) is 24.3 Å². The number of rotatable bonds is 3. The van der Waals surface area contributed by atoms with Crippen molar-refractivity contribution < 1.29 is 4.79 Å². The first-order valence-electron chi connectivity index (χ1n) is 8.32. The fourth-order valence-electron chi connectivity index (χ4n) is 3.47. The maximum atomic E-state index is 12.0. The van der Waals surface area contributed by atoms with Gasteiger partial charge in [-0.05, 0) is 37.0 Å². The van der Waals surface area contributed by atoms with Gasteiger partial charge in [-0.1, -0.05) is 30.3 Å². The zero-order chi connectivity index (χ0) is 16.5. The van der Waals surface area contributed by atoms with E-state index in [0.717, 1.165) is 24.1 Å². The fraction of sp³-hybridized carbons (Fsp3) is 0.316. The summed E-state index contributed by atoms with van der Waals surface area (Å²) in [5, 5.41) is 3.45. The summed E-state index contributed by atoms with van der Waals surface area (Å²) in [6.07, 6.45) is 7.21. The Morgan fingerprint density at radius 3 is 2.67 bits per heavy atom. The van der Waals surface area contributed by atoms with Crippen molar-refractivity contribution in [1.29, 1.82) is 0 Å². The minimum absolute atomic E-state index is 0.0243. The van der Waals surface area contributed by atoms with E-state index < -0.39 is 0 Å². The third kappa shape index (κ3) is 2.77. The number of allylic oxidation sites excluding steroid dienone is 1. The molecule has 2 heterocycles. The molecular formula is C19H20N4O. The molecular weight excluding hydrogens is 300 g/mol. The number of nitrogens with zero attached hydrogens (tertiary/aromatic N) is 3. The average molecular weight is 320 g/mol. The molecule has 4 rings (SSSR count). The normalized spacial score (nSPS) is 16.5. The van der Waals surface area contributed by atoms with Crippen molar-refractivity contribution in [3.63, 3.8) is 0 Å². The second kappa shape index (κ2) is 6.07. The molecule has 0 saturated heterocycles. The van der Waals surface area contributed by atoms with Crippen LogP contribution in [0.25, 0.3) is 0 Å². The van der Waals surface area contributed by atoms with Gasteiger partial charge in [0.05, 0.1) is 12.2 Å². The zero-order valence-electron chi connectivity index (χ0n) is 13.7. The third-order valence-electron chi connectivity index (χ3n) is 4.66. The number of aromatic nitrogens is 2. The largest absolute Gasteiger partial charge is 0.351 e. The van der Waals surface area contributed by atoms with E-state index >= 15 is 0 Å². The van der Waals surface area contributed by atoms with Gasteiger partial charge in [-0.2, -0.15) is 0 Å². The van der Waals surface area contributed by atoms with Crippen LogP contribution in [0.2, 0.25) is 0 Å². The summed E-state index contributed by atoms with van der Waals surface area (Å²) in [5.74, 6) is 0.683. The second-order valence-corrected chi connectivity index (χ2v) is 6.38. The number of nitrogens with one attached hydrogen (secondary N) is 1. The van der Waals surface area contributed by atoms with E-state index in [9.17, 15) is 4.79 Å². The van der Waals surface area contributed by atoms with Crippen LogP contribution >= 0.6 is 0 Å². The topological polar surface area (TPSA) is 58.1 Å². The Bertz CT molecular complexity index is 790. The van der Waals surface area contributed by atoms with E-state index in [1.54, 1.807) is 17.1 Å². The minimum atomic E-state index is 0.0243. The molecule has 5 heteroatoms. The monoisotopic (exact) mass is 320 g/mol. The molecule has 24 heavy (non-hydrogen) atoms. The Morgan fingerprint density at radius 1 is 1.21 bits per heavy atom. The molecule has 0 bridgehead atoms. The van der Waals surface area contributed by atoms with E-state index in [0.29, 0.717) is 25.1 Å². The van der Waals surface area contributed by atoms with E-state index in [1.165, 1.54) is 11.1 Å². The van der Waals surface area contributed by atoms with Crippen molar-refractivity contribution in [2.45, 2.75) is 38.9 Å². The predicted molar refractivity (Wildman–Crippen MR) is 92.4 cm³/mol. The van der Waals surface area contributed by atoms with Crippen LogP contribution in [0, 0.1) is 0 Å². The first kappa shape index (κ1) is 14.9. The summed E-state index contributed by atoms with van der Waals surface area (Å²) in [7, 11) is 0. The molecule has 1 amide bonds. The molecule has 122 valence electrons. The van der Waals surface area contributed by atoms with Crippen LogP contribution in [0.5, 0.6) is 0 Å². The predicted octanol–water partition coefficient (Wildman–Crippen LogP) is 2.47. The summed E-state index contributed by atoms with van der Waals surface area (Å²) in [6.45, 7) is 3.00. The van der Waals surface area contributed by atoms with E-state index in [4.69, 9.17) is 0 Å². The maximum Gasteiger partial charge on any atom is 0.246 e. The van der Waals surface area contributed by atoms with Crippen molar-refractivity contribution in [3.8, 4) is 0 Å². The van der Waals surface area contributed by atoms with Crippen molar-refractivity contribution in [1.82, 2.24) is 14.9 Å². The Morgan fingerprint density at radius 2 is 1.96 bits per heavy atom. The Labute approximate surface area is 141 Å². The van der Waals surface area contributed by atoms with E-state index in [2.05, 4.69) is 39.6 Å². The molecule has 2 aromatic rings. The minimum Gasteiger partial charge on any atom is -0.351 e. The lowest BCUT2D eigenvalue weighted by molar-refractivity contribution is -0.126. The summed E-state index contributed by atoms with van der Waals surface area (Å²) >= 11 is 0. The maximum absolute atomic E-state index is 12.0. The van der Waals surface area contributed by atoms with Gasteiger partial charge < -0.3 is 10.2 Å². The summed E-state index contributed by atoms with van der Waals surface area (Å²) in [6, 6.07) is 8.88. The SMILES string of the molecule is C/C=C/C(=O)N1Cc2cnc(NC3Cc4ccccc4C3)nc2C1. The van der Waals surface area contributed by atoms with Gasteiger partial charge in [0.25, 0.3) is 0 Å². The standard InChI is InChI=1S/C19H20N4O/c1-2-5-18(24)23-11-15-10-20-19(22-17(15)12-23)21-16-8-13-6-3-4-7-14(13)9-16/h2-7,10,16H,8-9,11-12H2,1H3,(H,20,21,22)/b5-2+. The average Bonchev–Trinajstić information content (AvgIpc) is 3.17. The van der Waals surface area contributed by atoms with Gasteiger partial charge in [0.2, 0.25) is 11.9 Å². The summed E-state index contributed by atoms with van der Waals surface area (Å²) in [4.78, 5) is 22.8. The fourth-order valence-corrected chi connectivity index (χ4v) is 3.47. The zero-order valence-corrected chi connectivity index (χ0v) is 13.7. The lowest BCUT2D eigenvalue weighted by atomic mass is 10.1. The number of carbonyl (C=O) groups excluding carboxylic acids is 1. The number of carbonyl (C=O) groups is 1. The van der Waals surface area contributed by atoms with Crippen LogP contribution in [-0.2, 0) is 30.7 Å². The van der Waals surface area contributed by atoms with Crippen molar-refractivity contribution in [3.05, 3.63) is 65.0 Å². The Kier molecular flexibility index (Phi) is 3.76. The van der Waals surface area contributed by atoms with Crippen LogP contribution in [0.15, 0.2) is 42.6 Å². The molecule has 0 spiro atoms. The summed E-state index contributed by atoms with van der Waals surface area (Å²) in [5.41, 5.74) is 4.78. The van der Waals surface area contributed by atoms with Gasteiger partial charge in [0.15, 0.2) is 0 Å². The molecule has 0 saturated carbocycles. The molecule has 1 aliphatic heterocycles. The van der Waals surface area contributed by atoms with Gasteiger partial charge in [-0.25, -0.2) is 9.97 Å². The van der Waals surface area contributed by atoms with Crippen molar-refractivity contribution in [2.75, 3.05) is 5.32 Å². The first-order valence-corrected chi connectivity index (χ1v) is 8.32. The highest BCUT2D eigenvalue weighted by molar-refractivity contribution is 5.87. The number of benzene rings is 1. The lowest BCUT2D eigenvalue weighted by Crippen LogP contribution is -2.23. The van der Waals surface area contributed by atoms with Crippen LogP contribution in [0.4, 0.5) is 5.95 Å². The first-order chi connectivity index (χ1) is 11.7. The summed E-state index contributed by atoms with van der Waals surface area (Å²) < 4.78 is 0. The number of hydrogen-bond acceptors (Lipinski definition) is 4. The molecule has 0 atom stereocenters. The van der Waals surface area contributed by atoms with Gasteiger partial charge in [-0.3, -0.25) is 4.79 Å². The lowest BCUT2D eigenvalue weighted by Gasteiger charge is -2.12. The Hall–Kier alpha value is -2.69. The molecule has 2 aliphatic rings. The molecule has 1 aliphatic carbocycles. The number of anilines is 1. The molecule has 1 aromatic heterocycles. The highest BCUT2D eigenvalue weighted by Gasteiger charge is 2.25. The second-order valence-electron chi connectivity index (χ2n) is 6.38. The molecule has 1 aromatic carbocycles.